The van der Waals surface area contributed by atoms with Gasteiger partial charge in [-0.1, -0.05) is 23.7 Å². The van der Waals surface area contributed by atoms with Crippen LogP contribution in [-0.2, 0) is 12.6 Å². The summed E-state index contributed by atoms with van der Waals surface area (Å²) in [6, 6.07) is 8.43. The van der Waals surface area contributed by atoms with Gasteiger partial charge in [0.1, 0.15) is 5.82 Å². The molecule has 0 radical (unpaired) electrons. The van der Waals surface area contributed by atoms with Crippen LogP contribution in [0.25, 0.3) is 5.65 Å². The Morgan fingerprint density at radius 1 is 1.00 bits per heavy atom. The van der Waals surface area contributed by atoms with Gasteiger partial charge in [0.05, 0.1) is 10.6 Å². The lowest BCUT2D eigenvalue weighted by atomic mass is 10.1. The highest BCUT2D eigenvalue weighted by Crippen LogP contribution is 2.29. The number of nitrogens with zero attached hydrogens (tertiary/aromatic N) is 3. The van der Waals surface area contributed by atoms with Gasteiger partial charge in [0, 0.05) is 12.6 Å². The summed E-state index contributed by atoms with van der Waals surface area (Å²) in [6.45, 7) is 0. The molecule has 0 spiro atoms. The minimum absolute atomic E-state index is 0.375. The quantitative estimate of drug-likeness (QED) is 0.716. The summed E-state index contributed by atoms with van der Waals surface area (Å²) in [7, 11) is 0. The summed E-state index contributed by atoms with van der Waals surface area (Å²) < 4.78 is 39.2. The van der Waals surface area contributed by atoms with Crippen molar-refractivity contribution in [2.45, 2.75) is 12.6 Å². The van der Waals surface area contributed by atoms with Crippen LogP contribution >= 0.6 is 11.6 Å². The predicted octanol–water partition coefficient (Wildman–Crippen LogP) is 3.99. The van der Waals surface area contributed by atoms with Crippen molar-refractivity contribution >= 4 is 17.2 Å². The van der Waals surface area contributed by atoms with Crippen molar-refractivity contribution < 1.29 is 13.2 Å². The maximum absolute atomic E-state index is 12.5. The topological polar surface area (TPSA) is 30.2 Å². The molecular formula is C14H9ClF3N3. The van der Waals surface area contributed by atoms with E-state index in [0.717, 1.165) is 17.7 Å². The first-order valence-corrected chi connectivity index (χ1v) is 6.46. The number of benzene rings is 1. The van der Waals surface area contributed by atoms with E-state index >= 15 is 0 Å². The molecule has 7 heteroatoms. The first kappa shape index (κ1) is 13.9. The van der Waals surface area contributed by atoms with Gasteiger partial charge in [-0.2, -0.15) is 13.2 Å². The van der Waals surface area contributed by atoms with Crippen molar-refractivity contribution in [3.8, 4) is 0 Å². The Hall–Kier alpha value is -2.08. The Kier molecular flexibility index (Phi) is 3.33. The van der Waals surface area contributed by atoms with E-state index in [1.54, 1.807) is 22.7 Å². The first-order chi connectivity index (χ1) is 9.93. The average molecular weight is 312 g/mol. The molecule has 0 saturated heterocycles. The fourth-order valence-electron chi connectivity index (χ4n) is 2.03. The zero-order valence-electron chi connectivity index (χ0n) is 10.6. The maximum Gasteiger partial charge on any atom is 0.416 e. The molecule has 3 aromatic rings. The molecule has 1 aromatic carbocycles. The SMILES string of the molecule is FC(F)(F)c1ccc(Cc2nnc3ccc(Cl)cn23)cc1. The smallest absolute Gasteiger partial charge is 0.285 e. The summed E-state index contributed by atoms with van der Waals surface area (Å²) in [4.78, 5) is 0. The van der Waals surface area contributed by atoms with Crippen molar-refractivity contribution in [3.05, 3.63) is 64.6 Å². The van der Waals surface area contributed by atoms with Crippen LogP contribution in [0.5, 0.6) is 0 Å². The molecule has 3 nitrogen and oxygen atoms in total. The van der Waals surface area contributed by atoms with Gasteiger partial charge in [-0.3, -0.25) is 4.40 Å². The summed E-state index contributed by atoms with van der Waals surface area (Å²) >= 11 is 5.92. The Labute approximate surface area is 123 Å². The minimum Gasteiger partial charge on any atom is -0.285 e. The van der Waals surface area contributed by atoms with Crippen LogP contribution < -0.4 is 0 Å². The number of pyridine rings is 1. The molecule has 0 fully saturated rings. The van der Waals surface area contributed by atoms with E-state index in [2.05, 4.69) is 10.2 Å². The van der Waals surface area contributed by atoms with Crippen LogP contribution in [0.3, 0.4) is 0 Å². The van der Waals surface area contributed by atoms with Gasteiger partial charge in [-0.15, -0.1) is 10.2 Å². The van der Waals surface area contributed by atoms with Crippen LogP contribution in [0.1, 0.15) is 17.0 Å². The number of aromatic nitrogens is 3. The van der Waals surface area contributed by atoms with Gasteiger partial charge >= 0.3 is 6.18 Å². The lowest BCUT2D eigenvalue weighted by Gasteiger charge is -2.07. The van der Waals surface area contributed by atoms with Gasteiger partial charge in [0.15, 0.2) is 5.65 Å². The van der Waals surface area contributed by atoms with Crippen molar-refractivity contribution in [2.75, 3.05) is 0 Å². The van der Waals surface area contributed by atoms with E-state index in [9.17, 15) is 13.2 Å². The Morgan fingerprint density at radius 2 is 1.71 bits per heavy atom. The number of fused-ring (bicyclic) bond motifs is 1. The molecule has 0 saturated carbocycles. The summed E-state index contributed by atoms with van der Waals surface area (Å²) in [5, 5.41) is 8.56. The highest BCUT2D eigenvalue weighted by molar-refractivity contribution is 6.30. The lowest BCUT2D eigenvalue weighted by Crippen LogP contribution is -2.05. The normalized spacial score (nSPS) is 12.0. The molecule has 0 amide bonds. The molecule has 0 atom stereocenters. The van der Waals surface area contributed by atoms with Gasteiger partial charge in [-0.05, 0) is 29.8 Å². The monoisotopic (exact) mass is 311 g/mol. The molecule has 108 valence electrons. The van der Waals surface area contributed by atoms with E-state index in [0.29, 0.717) is 22.9 Å². The Morgan fingerprint density at radius 3 is 2.38 bits per heavy atom. The fraction of sp³-hybridized carbons (Fsp3) is 0.143. The summed E-state index contributed by atoms with van der Waals surface area (Å²) in [5.74, 6) is 0.618. The third kappa shape index (κ3) is 2.85. The second-order valence-electron chi connectivity index (χ2n) is 4.56. The van der Waals surface area contributed by atoms with Crippen LogP contribution in [0.2, 0.25) is 5.02 Å². The van der Waals surface area contributed by atoms with Crippen molar-refractivity contribution in [1.29, 1.82) is 0 Å². The number of rotatable bonds is 2. The van der Waals surface area contributed by atoms with E-state index in [1.165, 1.54) is 12.1 Å². The zero-order chi connectivity index (χ0) is 15.0. The molecule has 0 aliphatic heterocycles. The molecule has 0 N–H and O–H groups in total. The van der Waals surface area contributed by atoms with Crippen molar-refractivity contribution in [3.63, 3.8) is 0 Å². The van der Waals surface area contributed by atoms with E-state index in [4.69, 9.17) is 11.6 Å². The largest absolute Gasteiger partial charge is 0.416 e. The van der Waals surface area contributed by atoms with Crippen molar-refractivity contribution in [1.82, 2.24) is 14.6 Å². The number of alkyl halides is 3. The zero-order valence-corrected chi connectivity index (χ0v) is 11.4. The Balaban J connectivity index is 1.90. The number of hydrogen-bond donors (Lipinski definition) is 0. The van der Waals surface area contributed by atoms with Crippen LogP contribution in [0.15, 0.2) is 42.6 Å². The molecule has 0 aliphatic carbocycles. The van der Waals surface area contributed by atoms with Gasteiger partial charge in [0.2, 0.25) is 0 Å². The highest BCUT2D eigenvalue weighted by atomic mass is 35.5. The summed E-state index contributed by atoms with van der Waals surface area (Å²) in [6.07, 6.45) is -2.27. The molecule has 0 bridgehead atoms. The van der Waals surface area contributed by atoms with Gasteiger partial charge in [-0.25, -0.2) is 0 Å². The Bertz CT molecular complexity index is 778. The average Bonchev–Trinajstić information content (AvgIpc) is 2.81. The van der Waals surface area contributed by atoms with Gasteiger partial charge < -0.3 is 0 Å². The van der Waals surface area contributed by atoms with Gasteiger partial charge in [0.25, 0.3) is 0 Å². The fourth-order valence-corrected chi connectivity index (χ4v) is 2.19. The van der Waals surface area contributed by atoms with Crippen LogP contribution in [0, 0.1) is 0 Å². The third-order valence-electron chi connectivity index (χ3n) is 3.08. The number of halogens is 4. The third-order valence-corrected chi connectivity index (χ3v) is 3.30. The second kappa shape index (κ2) is 5.04. The number of hydrogen-bond acceptors (Lipinski definition) is 2. The van der Waals surface area contributed by atoms with E-state index in [-0.39, 0.29) is 0 Å². The molecular weight excluding hydrogens is 303 g/mol. The standard InChI is InChI=1S/C14H9ClF3N3/c15-11-5-6-12-19-20-13(21(12)8-11)7-9-1-3-10(4-2-9)14(16,17)18/h1-6,8H,7H2. The predicted molar refractivity (Wildman–Crippen MR) is 72.2 cm³/mol. The molecule has 21 heavy (non-hydrogen) atoms. The maximum atomic E-state index is 12.5. The van der Waals surface area contributed by atoms with E-state index < -0.39 is 11.7 Å². The molecule has 0 unspecified atom stereocenters. The van der Waals surface area contributed by atoms with Crippen LogP contribution in [0.4, 0.5) is 13.2 Å². The second-order valence-corrected chi connectivity index (χ2v) is 5.00. The minimum atomic E-state index is -4.33. The molecule has 2 heterocycles. The molecule has 2 aromatic heterocycles. The molecule has 3 rings (SSSR count). The lowest BCUT2D eigenvalue weighted by molar-refractivity contribution is -0.137. The highest BCUT2D eigenvalue weighted by Gasteiger charge is 2.29. The first-order valence-electron chi connectivity index (χ1n) is 6.09. The van der Waals surface area contributed by atoms with Crippen LogP contribution in [-0.4, -0.2) is 14.6 Å². The summed E-state index contributed by atoms with van der Waals surface area (Å²) in [5.41, 5.74) is 0.694. The van der Waals surface area contributed by atoms with E-state index in [1.807, 2.05) is 0 Å². The molecule has 0 aliphatic rings. The van der Waals surface area contributed by atoms with Crippen molar-refractivity contribution in [2.24, 2.45) is 0 Å².